The van der Waals surface area contributed by atoms with Gasteiger partial charge in [-0.15, -0.1) is 0 Å². The van der Waals surface area contributed by atoms with E-state index >= 15 is 0 Å². The lowest BCUT2D eigenvalue weighted by atomic mass is 10.2. The molecular formula is C21H29N3O4S. The molecule has 0 spiro atoms. The molecule has 0 radical (unpaired) electrons. The molecule has 1 aromatic rings. The number of rotatable bonds is 6. The van der Waals surface area contributed by atoms with Crippen LogP contribution in [0.1, 0.15) is 38.5 Å². The molecule has 1 aliphatic heterocycles. The number of carbonyl (C=O) groups excluding carboxylic acids is 2. The minimum Gasteiger partial charge on any atom is -0.376 e. The van der Waals surface area contributed by atoms with Crippen molar-refractivity contribution < 1.29 is 18.0 Å². The lowest BCUT2D eigenvalue weighted by molar-refractivity contribution is -0.139. The summed E-state index contributed by atoms with van der Waals surface area (Å²) in [6.07, 6.45) is 5.46. The fraction of sp³-hybridized carbons (Fsp3) is 0.619. The summed E-state index contributed by atoms with van der Waals surface area (Å²) in [6.45, 7) is 2.50. The molecule has 1 aromatic carbocycles. The van der Waals surface area contributed by atoms with E-state index in [4.69, 9.17) is 0 Å². The maximum atomic E-state index is 12.6. The highest BCUT2D eigenvalue weighted by Crippen LogP contribution is 2.31. The fourth-order valence-corrected chi connectivity index (χ4v) is 6.06. The van der Waals surface area contributed by atoms with Gasteiger partial charge in [0.15, 0.2) is 9.84 Å². The zero-order valence-electron chi connectivity index (χ0n) is 16.7. The van der Waals surface area contributed by atoms with Crippen molar-refractivity contribution in [3.05, 3.63) is 24.3 Å². The Kier molecular flexibility index (Phi) is 5.81. The number of anilines is 1. The van der Waals surface area contributed by atoms with Crippen molar-refractivity contribution in [2.24, 2.45) is 5.92 Å². The summed E-state index contributed by atoms with van der Waals surface area (Å²) in [5.74, 6) is 0.452. The van der Waals surface area contributed by atoms with E-state index < -0.39 is 9.84 Å². The molecule has 2 aliphatic carbocycles. The molecule has 158 valence electrons. The second kappa shape index (κ2) is 8.34. The maximum Gasteiger partial charge on any atom is 0.241 e. The Morgan fingerprint density at radius 2 is 1.48 bits per heavy atom. The minimum atomic E-state index is -3.25. The molecule has 3 aliphatic rings. The average Bonchev–Trinajstić information content (AvgIpc) is 3.44. The van der Waals surface area contributed by atoms with Crippen molar-refractivity contribution >= 4 is 27.3 Å². The van der Waals surface area contributed by atoms with Gasteiger partial charge in [0, 0.05) is 37.8 Å². The van der Waals surface area contributed by atoms with Crippen LogP contribution in [-0.4, -0.2) is 68.0 Å². The predicted molar refractivity (Wildman–Crippen MR) is 110 cm³/mol. The first kappa shape index (κ1) is 20.2. The van der Waals surface area contributed by atoms with Crippen LogP contribution in [0.5, 0.6) is 0 Å². The monoisotopic (exact) mass is 419 g/mol. The molecule has 0 bridgehead atoms. The van der Waals surface area contributed by atoms with Gasteiger partial charge in [0.25, 0.3) is 0 Å². The van der Waals surface area contributed by atoms with Crippen LogP contribution in [0.2, 0.25) is 0 Å². The summed E-state index contributed by atoms with van der Waals surface area (Å²) in [5.41, 5.74) is 0.728. The lowest BCUT2D eigenvalue weighted by Crippen LogP contribution is -2.52. The molecule has 7 nitrogen and oxygen atoms in total. The molecule has 1 heterocycles. The van der Waals surface area contributed by atoms with Crippen LogP contribution in [0, 0.1) is 5.92 Å². The van der Waals surface area contributed by atoms with Crippen LogP contribution < -0.4 is 5.32 Å². The molecule has 29 heavy (non-hydrogen) atoms. The molecule has 1 N–H and O–H groups in total. The van der Waals surface area contributed by atoms with E-state index in [1.165, 1.54) is 0 Å². The zero-order valence-corrected chi connectivity index (χ0v) is 17.5. The van der Waals surface area contributed by atoms with Crippen LogP contribution in [0.4, 0.5) is 5.69 Å². The Bertz CT molecular complexity index is 850. The van der Waals surface area contributed by atoms with Gasteiger partial charge in [0.05, 0.1) is 16.7 Å². The van der Waals surface area contributed by atoms with E-state index in [2.05, 4.69) is 5.32 Å². The van der Waals surface area contributed by atoms with Gasteiger partial charge < -0.3 is 15.1 Å². The fourth-order valence-electron chi connectivity index (χ4n) is 4.21. The first-order valence-electron chi connectivity index (χ1n) is 10.6. The number of nitrogens with one attached hydrogen (secondary N) is 1. The molecule has 0 unspecified atom stereocenters. The molecule has 2 amide bonds. The van der Waals surface area contributed by atoms with Crippen molar-refractivity contribution in [2.45, 2.75) is 48.7 Å². The zero-order chi connectivity index (χ0) is 20.4. The topological polar surface area (TPSA) is 86.8 Å². The van der Waals surface area contributed by atoms with Crippen LogP contribution in [-0.2, 0) is 19.4 Å². The summed E-state index contributed by atoms with van der Waals surface area (Å²) in [5, 5.41) is 2.83. The molecule has 1 saturated heterocycles. The van der Waals surface area contributed by atoms with Gasteiger partial charge in [-0.3, -0.25) is 9.59 Å². The lowest BCUT2D eigenvalue weighted by Gasteiger charge is -2.35. The number of hydrogen-bond acceptors (Lipinski definition) is 5. The molecule has 2 saturated carbocycles. The Labute approximate surface area is 172 Å². The van der Waals surface area contributed by atoms with E-state index in [-0.39, 0.29) is 29.5 Å². The van der Waals surface area contributed by atoms with E-state index in [9.17, 15) is 18.0 Å². The third kappa shape index (κ3) is 4.57. The first-order valence-corrected chi connectivity index (χ1v) is 12.1. The van der Waals surface area contributed by atoms with E-state index in [0.717, 1.165) is 44.2 Å². The van der Waals surface area contributed by atoms with Crippen LogP contribution in [0.25, 0.3) is 0 Å². The summed E-state index contributed by atoms with van der Waals surface area (Å²) in [7, 11) is -3.25. The first-order chi connectivity index (χ1) is 13.9. The van der Waals surface area contributed by atoms with Gasteiger partial charge in [0.2, 0.25) is 11.8 Å². The van der Waals surface area contributed by atoms with Crippen LogP contribution >= 0.6 is 0 Å². The van der Waals surface area contributed by atoms with Gasteiger partial charge in [0.1, 0.15) is 0 Å². The molecule has 3 fully saturated rings. The Morgan fingerprint density at radius 3 is 2.07 bits per heavy atom. The summed E-state index contributed by atoms with van der Waals surface area (Å²) < 4.78 is 25.3. The Morgan fingerprint density at radius 1 is 0.897 bits per heavy atom. The summed E-state index contributed by atoms with van der Waals surface area (Å²) >= 11 is 0. The van der Waals surface area contributed by atoms with Gasteiger partial charge in [-0.05, 0) is 49.9 Å². The third-order valence-corrected chi connectivity index (χ3v) is 8.52. The third-order valence-electron chi connectivity index (χ3n) is 6.24. The number of benzene rings is 1. The van der Waals surface area contributed by atoms with Crippen molar-refractivity contribution in [3.63, 3.8) is 0 Å². The van der Waals surface area contributed by atoms with Gasteiger partial charge in [-0.1, -0.05) is 12.8 Å². The SMILES string of the molecule is O=C(CNc1ccc(S(=O)(=O)C2CCCC2)cc1)N1CCN(C(=O)C2CC2)CC1. The van der Waals surface area contributed by atoms with E-state index in [1.54, 1.807) is 29.2 Å². The number of hydrogen-bond donors (Lipinski definition) is 1. The maximum absolute atomic E-state index is 12.6. The van der Waals surface area contributed by atoms with Gasteiger partial charge in [-0.25, -0.2) is 8.42 Å². The largest absolute Gasteiger partial charge is 0.376 e. The molecule has 0 atom stereocenters. The van der Waals surface area contributed by atoms with Crippen LogP contribution in [0.15, 0.2) is 29.2 Å². The van der Waals surface area contributed by atoms with Gasteiger partial charge >= 0.3 is 0 Å². The molecule has 0 aromatic heterocycles. The van der Waals surface area contributed by atoms with Gasteiger partial charge in [-0.2, -0.15) is 0 Å². The standard InChI is InChI=1S/C21H29N3O4S/c25-20(23-11-13-24(14-12-23)21(26)16-5-6-16)15-22-17-7-9-19(10-8-17)29(27,28)18-3-1-2-4-18/h7-10,16,18,22H,1-6,11-15H2. The highest BCUT2D eigenvalue weighted by Gasteiger charge is 2.35. The van der Waals surface area contributed by atoms with Crippen molar-refractivity contribution in [1.29, 1.82) is 0 Å². The second-order valence-corrected chi connectivity index (χ2v) is 10.5. The number of nitrogens with zero attached hydrogens (tertiary/aromatic N) is 2. The molecule has 4 rings (SSSR count). The highest BCUT2D eigenvalue weighted by molar-refractivity contribution is 7.92. The number of piperazine rings is 1. The Balaban J connectivity index is 1.26. The van der Waals surface area contributed by atoms with E-state index in [1.807, 2.05) is 4.90 Å². The number of sulfone groups is 1. The summed E-state index contributed by atoms with van der Waals surface area (Å²) in [6, 6.07) is 6.70. The molecular weight excluding hydrogens is 390 g/mol. The van der Waals surface area contributed by atoms with Crippen LogP contribution in [0.3, 0.4) is 0 Å². The predicted octanol–water partition coefficient (Wildman–Crippen LogP) is 1.90. The smallest absolute Gasteiger partial charge is 0.241 e. The highest BCUT2D eigenvalue weighted by atomic mass is 32.2. The summed E-state index contributed by atoms with van der Waals surface area (Å²) in [4.78, 5) is 28.6. The quantitative estimate of drug-likeness (QED) is 0.761. The number of carbonyl (C=O) groups is 2. The normalized spacial score (nSPS) is 20.7. The Hall–Kier alpha value is -2.09. The van der Waals surface area contributed by atoms with Crippen molar-refractivity contribution in [1.82, 2.24) is 9.80 Å². The average molecular weight is 420 g/mol. The molecule has 8 heteroatoms. The number of amides is 2. The van der Waals surface area contributed by atoms with Crippen molar-refractivity contribution in [3.8, 4) is 0 Å². The second-order valence-electron chi connectivity index (χ2n) is 8.31. The minimum absolute atomic E-state index is 0.00817. The van der Waals surface area contributed by atoms with Crippen molar-refractivity contribution in [2.75, 3.05) is 38.0 Å². The van der Waals surface area contributed by atoms with E-state index in [0.29, 0.717) is 31.1 Å².